The van der Waals surface area contributed by atoms with E-state index in [2.05, 4.69) is 83.5 Å². The number of imidazole rings is 1. The fraction of sp³-hybridized carbons (Fsp3) is 0.150. The van der Waals surface area contributed by atoms with Gasteiger partial charge in [0.15, 0.2) is 0 Å². The van der Waals surface area contributed by atoms with Crippen molar-refractivity contribution in [3.8, 4) is 10.6 Å². The lowest BCUT2D eigenvalue weighted by Gasteiger charge is -2.13. The number of rotatable bonds is 4. The lowest BCUT2D eigenvalue weighted by Crippen LogP contribution is -2.08. The van der Waals surface area contributed by atoms with Crippen LogP contribution in [0.3, 0.4) is 0 Å². The molecule has 0 bridgehead atoms. The number of hydrogen-bond acceptors (Lipinski definition) is 3. The average Bonchev–Trinajstić information content (AvgIpc) is 3.23. The van der Waals surface area contributed by atoms with E-state index in [0.717, 1.165) is 17.8 Å². The zero-order valence-corrected chi connectivity index (χ0v) is 14.6. The summed E-state index contributed by atoms with van der Waals surface area (Å²) < 4.78 is 2.20. The van der Waals surface area contributed by atoms with Crippen molar-refractivity contribution in [1.29, 1.82) is 0 Å². The molecule has 3 aromatic heterocycles. The van der Waals surface area contributed by atoms with Crippen LogP contribution < -0.4 is 4.90 Å². The Hall–Kier alpha value is -2.59. The first-order valence-corrected chi connectivity index (χ1v) is 8.86. The summed E-state index contributed by atoms with van der Waals surface area (Å²) in [5.74, 6) is 0. The molecule has 0 amide bonds. The van der Waals surface area contributed by atoms with E-state index in [1.807, 2.05) is 6.07 Å². The Morgan fingerprint density at radius 3 is 2.54 bits per heavy atom. The molecule has 0 fully saturated rings. The maximum atomic E-state index is 4.86. The van der Waals surface area contributed by atoms with Gasteiger partial charge in [0.1, 0.15) is 11.3 Å². The monoisotopic (exact) mass is 333 g/mol. The van der Waals surface area contributed by atoms with Crippen molar-refractivity contribution >= 4 is 22.7 Å². The molecule has 0 aliphatic heterocycles. The van der Waals surface area contributed by atoms with E-state index in [-0.39, 0.29) is 0 Å². The smallest absolute Gasteiger partial charge is 0.137 e. The van der Waals surface area contributed by atoms with E-state index in [4.69, 9.17) is 4.98 Å². The van der Waals surface area contributed by atoms with Crippen LogP contribution in [0.2, 0.25) is 0 Å². The van der Waals surface area contributed by atoms with Crippen LogP contribution in [0.4, 0.5) is 5.69 Å². The molecule has 0 atom stereocenters. The van der Waals surface area contributed by atoms with Crippen LogP contribution in [0.15, 0.2) is 66.2 Å². The van der Waals surface area contributed by atoms with Crippen molar-refractivity contribution in [2.75, 3.05) is 19.0 Å². The predicted octanol–water partition coefficient (Wildman–Crippen LogP) is 4.72. The lowest BCUT2D eigenvalue weighted by atomic mass is 10.1. The van der Waals surface area contributed by atoms with Crippen molar-refractivity contribution in [1.82, 2.24) is 9.38 Å². The van der Waals surface area contributed by atoms with Gasteiger partial charge in [-0.15, -0.1) is 11.3 Å². The maximum Gasteiger partial charge on any atom is 0.137 e. The van der Waals surface area contributed by atoms with E-state index in [0.29, 0.717) is 0 Å². The first kappa shape index (κ1) is 15.0. The summed E-state index contributed by atoms with van der Waals surface area (Å²) in [4.78, 5) is 8.20. The SMILES string of the molecule is CN(C)c1ccc(Cc2c(-c3cccs3)nc3ccccn23)cc1. The Morgan fingerprint density at radius 2 is 1.83 bits per heavy atom. The van der Waals surface area contributed by atoms with Gasteiger partial charge in [-0.1, -0.05) is 24.3 Å². The highest BCUT2D eigenvalue weighted by atomic mass is 32.1. The number of thiophene rings is 1. The second kappa shape index (κ2) is 6.13. The highest BCUT2D eigenvalue weighted by Crippen LogP contribution is 2.30. The quantitative estimate of drug-likeness (QED) is 0.539. The molecule has 0 saturated carbocycles. The molecular formula is C20H19N3S. The highest BCUT2D eigenvalue weighted by Gasteiger charge is 2.15. The number of hydrogen-bond donors (Lipinski definition) is 0. The molecule has 0 radical (unpaired) electrons. The van der Waals surface area contributed by atoms with Crippen molar-refractivity contribution in [3.63, 3.8) is 0 Å². The van der Waals surface area contributed by atoms with Gasteiger partial charge in [0.05, 0.1) is 10.6 Å². The summed E-state index contributed by atoms with van der Waals surface area (Å²) >= 11 is 1.74. The van der Waals surface area contributed by atoms with E-state index < -0.39 is 0 Å². The second-order valence-corrected chi connectivity index (χ2v) is 7.00. The molecule has 0 N–H and O–H groups in total. The molecule has 0 unspecified atom stereocenters. The first-order valence-electron chi connectivity index (χ1n) is 7.98. The third-order valence-electron chi connectivity index (χ3n) is 4.21. The minimum atomic E-state index is 0.867. The Kier molecular flexibility index (Phi) is 3.82. The van der Waals surface area contributed by atoms with Crippen molar-refractivity contribution in [2.45, 2.75) is 6.42 Å². The van der Waals surface area contributed by atoms with Crippen LogP contribution in [0.1, 0.15) is 11.3 Å². The molecule has 0 aliphatic carbocycles. The Balaban J connectivity index is 1.79. The summed E-state index contributed by atoms with van der Waals surface area (Å²) in [6, 6.07) is 19.1. The van der Waals surface area contributed by atoms with E-state index >= 15 is 0 Å². The van der Waals surface area contributed by atoms with Gasteiger partial charge in [-0.25, -0.2) is 4.98 Å². The molecule has 24 heavy (non-hydrogen) atoms. The van der Waals surface area contributed by atoms with Crippen molar-refractivity contribution < 1.29 is 0 Å². The fourth-order valence-corrected chi connectivity index (χ4v) is 3.67. The zero-order chi connectivity index (χ0) is 16.5. The van der Waals surface area contributed by atoms with Crippen LogP contribution in [0.25, 0.3) is 16.2 Å². The fourth-order valence-electron chi connectivity index (χ4n) is 2.93. The predicted molar refractivity (Wildman–Crippen MR) is 102 cm³/mol. The van der Waals surface area contributed by atoms with Gasteiger partial charge in [0.25, 0.3) is 0 Å². The Labute approximate surface area is 145 Å². The molecule has 4 heteroatoms. The molecule has 3 heterocycles. The summed E-state index contributed by atoms with van der Waals surface area (Å²) in [5, 5.41) is 2.11. The molecule has 0 saturated heterocycles. The van der Waals surface area contributed by atoms with Gasteiger partial charge in [0.2, 0.25) is 0 Å². The highest BCUT2D eigenvalue weighted by molar-refractivity contribution is 7.13. The third kappa shape index (κ3) is 2.69. The van der Waals surface area contributed by atoms with Gasteiger partial charge in [-0.05, 0) is 41.3 Å². The van der Waals surface area contributed by atoms with Crippen LogP contribution in [0.5, 0.6) is 0 Å². The molecule has 4 rings (SSSR count). The van der Waals surface area contributed by atoms with Crippen LogP contribution >= 0.6 is 11.3 Å². The summed E-state index contributed by atoms with van der Waals surface area (Å²) in [6.07, 6.45) is 2.97. The van der Waals surface area contributed by atoms with Gasteiger partial charge < -0.3 is 9.30 Å². The topological polar surface area (TPSA) is 20.5 Å². The van der Waals surface area contributed by atoms with Crippen molar-refractivity contribution in [3.05, 3.63) is 77.4 Å². The normalized spacial score (nSPS) is 11.1. The zero-order valence-electron chi connectivity index (χ0n) is 13.8. The van der Waals surface area contributed by atoms with Crippen molar-refractivity contribution in [2.24, 2.45) is 0 Å². The summed E-state index contributed by atoms with van der Waals surface area (Å²) in [6.45, 7) is 0. The van der Waals surface area contributed by atoms with E-state index in [1.165, 1.54) is 21.8 Å². The molecule has 0 aliphatic rings. The molecule has 3 nitrogen and oxygen atoms in total. The number of nitrogens with zero attached hydrogens (tertiary/aromatic N) is 3. The van der Waals surface area contributed by atoms with Crippen LogP contribution in [0, 0.1) is 0 Å². The van der Waals surface area contributed by atoms with Crippen LogP contribution in [-0.2, 0) is 6.42 Å². The Morgan fingerprint density at radius 1 is 1.00 bits per heavy atom. The minimum Gasteiger partial charge on any atom is -0.378 e. The second-order valence-electron chi connectivity index (χ2n) is 6.05. The maximum absolute atomic E-state index is 4.86. The average molecular weight is 333 g/mol. The molecule has 120 valence electrons. The number of pyridine rings is 1. The third-order valence-corrected chi connectivity index (χ3v) is 5.08. The van der Waals surface area contributed by atoms with Crippen LogP contribution in [-0.4, -0.2) is 23.5 Å². The first-order chi connectivity index (χ1) is 11.7. The molecule has 0 spiro atoms. The van der Waals surface area contributed by atoms with Gasteiger partial charge in [-0.3, -0.25) is 0 Å². The van der Waals surface area contributed by atoms with Gasteiger partial charge in [-0.2, -0.15) is 0 Å². The summed E-state index contributed by atoms with van der Waals surface area (Å²) in [7, 11) is 4.13. The summed E-state index contributed by atoms with van der Waals surface area (Å²) in [5.41, 5.74) is 5.85. The number of aromatic nitrogens is 2. The van der Waals surface area contributed by atoms with E-state index in [1.54, 1.807) is 11.3 Å². The largest absolute Gasteiger partial charge is 0.378 e. The Bertz CT molecular complexity index is 950. The van der Waals surface area contributed by atoms with E-state index in [9.17, 15) is 0 Å². The lowest BCUT2D eigenvalue weighted by molar-refractivity contribution is 1.03. The molecule has 1 aromatic carbocycles. The van der Waals surface area contributed by atoms with Gasteiger partial charge >= 0.3 is 0 Å². The van der Waals surface area contributed by atoms with Gasteiger partial charge in [0, 0.05) is 32.4 Å². The standard InChI is InChI=1S/C20H19N3S/c1-22(2)16-10-8-15(9-11-16)14-17-20(18-6-5-13-24-18)21-19-7-3-4-12-23(17)19/h3-13H,14H2,1-2H3. The number of anilines is 1. The number of benzene rings is 1. The molecule has 4 aromatic rings. The minimum absolute atomic E-state index is 0.867. The number of fused-ring (bicyclic) bond motifs is 1. The molecular weight excluding hydrogens is 314 g/mol.